The Hall–Kier alpha value is -0.870. The number of rotatable bonds is 3. The molecule has 2 aromatic rings. The quantitative estimate of drug-likeness (QED) is 0.807. The van der Waals surface area contributed by atoms with Crippen LogP contribution in [0.15, 0.2) is 54.6 Å². The number of nitrogens with one attached hydrogen (secondary N) is 1. The van der Waals surface area contributed by atoms with E-state index in [9.17, 15) is 0 Å². The van der Waals surface area contributed by atoms with Crippen LogP contribution in [-0.4, -0.2) is 6.54 Å². The molecule has 0 bridgehead atoms. The molecular formula is C17H18IN. The molecule has 0 aliphatic carbocycles. The highest BCUT2D eigenvalue weighted by Crippen LogP contribution is 2.34. The Morgan fingerprint density at radius 1 is 1.00 bits per heavy atom. The van der Waals surface area contributed by atoms with Crippen LogP contribution in [0.1, 0.15) is 23.6 Å². The SMILES string of the molecule is Ic1ccccc1C1NCCC1Cc1ccccc1. The van der Waals surface area contributed by atoms with Crippen LogP contribution in [0.25, 0.3) is 0 Å². The average molecular weight is 363 g/mol. The monoisotopic (exact) mass is 363 g/mol. The van der Waals surface area contributed by atoms with Gasteiger partial charge in [-0.05, 0) is 65.1 Å². The zero-order valence-corrected chi connectivity index (χ0v) is 13.0. The molecule has 0 amide bonds. The number of hydrogen-bond donors (Lipinski definition) is 1. The van der Waals surface area contributed by atoms with Crippen molar-refractivity contribution in [1.82, 2.24) is 5.32 Å². The van der Waals surface area contributed by atoms with Gasteiger partial charge in [0.15, 0.2) is 0 Å². The lowest BCUT2D eigenvalue weighted by molar-refractivity contribution is 0.459. The third kappa shape index (κ3) is 3.00. The summed E-state index contributed by atoms with van der Waals surface area (Å²) in [6.45, 7) is 1.13. The van der Waals surface area contributed by atoms with Crippen LogP contribution in [0.2, 0.25) is 0 Å². The van der Waals surface area contributed by atoms with E-state index in [2.05, 4.69) is 82.5 Å². The van der Waals surface area contributed by atoms with Crippen molar-refractivity contribution < 1.29 is 0 Å². The second kappa shape index (κ2) is 6.06. The second-order valence-electron chi connectivity index (χ2n) is 5.19. The van der Waals surface area contributed by atoms with Gasteiger partial charge in [0.2, 0.25) is 0 Å². The zero-order valence-electron chi connectivity index (χ0n) is 10.9. The topological polar surface area (TPSA) is 12.0 Å². The first-order chi connectivity index (χ1) is 9.34. The molecule has 0 spiro atoms. The maximum atomic E-state index is 3.68. The Morgan fingerprint density at radius 3 is 2.53 bits per heavy atom. The van der Waals surface area contributed by atoms with Crippen LogP contribution in [0, 0.1) is 9.49 Å². The molecule has 1 nitrogen and oxygen atoms in total. The first-order valence-corrected chi connectivity index (χ1v) is 7.94. The Kier molecular flexibility index (Phi) is 4.18. The van der Waals surface area contributed by atoms with Crippen LogP contribution < -0.4 is 5.32 Å². The van der Waals surface area contributed by atoms with Crippen molar-refractivity contribution in [3.05, 3.63) is 69.3 Å². The molecule has 0 aromatic heterocycles. The lowest BCUT2D eigenvalue weighted by Gasteiger charge is -2.21. The van der Waals surface area contributed by atoms with E-state index in [1.807, 2.05) is 0 Å². The lowest BCUT2D eigenvalue weighted by atomic mass is 9.89. The summed E-state index contributed by atoms with van der Waals surface area (Å²) in [5, 5.41) is 3.68. The van der Waals surface area contributed by atoms with Crippen LogP contribution >= 0.6 is 22.6 Å². The third-order valence-electron chi connectivity index (χ3n) is 3.93. The Bertz CT molecular complexity index is 538. The summed E-state index contributed by atoms with van der Waals surface area (Å²) in [7, 11) is 0. The van der Waals surface area contributed by atoms with Gasteiger partial charge in [-0.1, -0.05) is 48.5 Å². The summed E-state index contributed by atoms with van der Waals surface area (Å²) in [6.07, 6.45) is 2.44. The van der Waals surface area contributed by atoms with Gasteiger partial charge in [-0.25, -0.2) is 0 Å². The number of benzene rings is 2. The van der Waals surface area contributed by atoms with Crippen molar-refractivity contribution in [1.29, 1.82) is 0 Å². The number of hydrogen-bond acceptors (Lipinski definition) is 1. The summed E-state index contributed by atoms with van der Waals surface area (Å²) < 4.78 is 1.37. The molecule has 1 saturated heterocycles. The zero-order chi connectivity index (χ0) is 13.1. The van der Waals surface area contributed by atoms with Gasteiger partial charge in [-0.2, -0.15) is 0 Å². The molecule has 1 fully saturated rings. The molecular weight excluding hydrogens is 345 g/mol. The fourth-order valence-electron chi connectivity index (χ4n) is 2.99. The summed E-state index contributed by atoms with van der Waals surface area (Å²) in [4.78, 5) is 0. The molecule has 2 heteroatoms. The van der Waals surface area contributed by atoms with E-state index < -0.39 is 0 Å². The van der Waals surface area contributed by atoms with Crippen molar-refractivity contribution in [2.24, 2.45) is 5.92 Å². The van der Waals surface area contributed by atoms with E-state index in [4.69, 9.17) is 0 Å². The van der Waals surface area contributed by atoms with Crippen LogP contribution in [0.5, 0.6) is 0 Å². The predicted octanol–water partition coefficient (Wildman–Crippen LogP) is 4.18. The van der Waals surface area contributed by atoms with E-state index in [0.717, 1.165) is 6.54 Å². The first kappa shape index (κ1) is 13.1. The molecule has 19 heavy (non-hydrogen) atoms. The van der Waals surface area contributed by atoms with E-state index in [-0.39, 0.29) is 0 Å². The molecule has 98 valence electrons. The van der Waals surface area contributed by atoms with Crippen molar-refractivity contribution >= 4 is 22.6 Å². The van der Waals surface area contributed by atoms with Crippen molar-refractivity contribution in [3.8, 4) is 0 Å². The summed E-state index contributed by atoms with van der Waals surface area (Å²) >= 11 is 2.45. The first-order valence-electron chi connectivity index (χ1n) is 6.86. The minimum Gasteiger partial charge on any atom is -0.310 e. The average Bonchev–Trinajstić information content (AvgIpc) is 2.88. The molecule has 1 heterocycles. The predicted molar refractivity (Wildman–Crippen MR) is 88.2 cm³/mol. The minimum atomic E-state index is 0.508. The van der Waals surface area contributed by atoms with Gasteiger partial charge in [0.05, 0.1) is 0 Å². The summed E-state index contributed by atoms with van der Waals surface area (Å²) in [5.41, 5.74) is 2.91. The van der Waals surface area contributed by atoms with Gasteiger partial charge < -0.3 is 5.32 Å². The van der Waals surface area contributed by atoms with Gasteiger partial charge in [-0.15, -0.1) is 0 Å². The highest BCUT2D eigenvalue weighted by atomic mass is 127. The van der Waals surface area contributed by atoms with Crippen LogP contribution in [-0.2, 0) is 6.42 Å². The Morgan fingerprint density at radius 2 is 1.74 bits per heavy atom. The van der Waals surface area contributed by atoms with E-state index in [1.165, 1.54) is 27.5 Å². The number of halogens is 1. The standard InChI is InChI=1S/C17H18IN/c18-16-9-5-4-8-15(16)17-14(10-11-19-17)12-13-6-2-1-3-7-13/h1-9,14,17,19H,10-12H2. The largest absolute Gasteiger partial charge is 0.310 e. The molecule has 1 aliphatic heterocycles. The van der Waals surface area contributed by atoms with E-state index in [0.29, 0.717) is 12.0 Å². The molecule has 2 unspecified atom stereocenters. The van der Waals surface area contributed by atoms with Gasteiger partial charge >= 0.3 is 0 Å². The maximum Gasteiger partial charge on any atom is 0.0362 e. The molecule has 0 radical (unpaired) electrons. The van der Waals surface area contributed by atoms with Crippen molar-refractivity contribution in [2.75, 3.05) is 6.54 Å². The summed E-state index contributed by atoms with van der Waals surface area (Å²) in [6, 6.07) is 20.1. The third-order valence-corrected chi connectivity index (χ3v) is 4.91. The van der Waals surface area contributed by atoms with E-state index in [1.54, 1.807) is 0 Å². The van der Waals surface area contributed by atoms with Gasteiger partial charge in [0, 0.05) is 9.61 Å². The Labute approximate surface area is 128 Å². The fraction of sp³-hybridized carbons (Fsp3) is 0.294. The fourth-order valence-corrected chi connectivity index (χ4v) is 3.71. The molecule has 2 atom stereocenters. The minimum absolute atomic E-state index is 0.508. The second-order valence-corrected chi connectivity index (χ2v) is 6.35. The molecule has 3 rings (SSSR count). The smallest absolute Gasteiger partial charge is 0.0362 e. The van der Waals surface area contributed by atoms with Crippen molar-refractivity contribution in [3.63, 3.8) is 0 Å². The Balaban J connectivity index is 1.81. The highest BCUT2D eigenvalue weighted by molar-refractivity contribution is 14.1. The van der Waals surface area contributed by atoms with Crippen molar-refractivity contribution in [2.45, 2.75) is 18.9 Å². The maximum absolute atomic E-state index is 3.68. The van der Waals surface area contributed by atoms with Gasteiger partial charge in [0.25, 0.3) is 0 Å². The summed E-state index contributed by atoms with van der Waals surface area (Å²) in [5.74, 6) is 0.707. The molecule has 1 aliphatic rings. The molecule has 1 N–H and O–H groups in total. The van der Waals surface area contributed by atoms with Gasteiger partial charge in [-0.3, -0.25) is 0 Å². The van der Waals surface area contributed by atoms with Gasteiger partial charge in [0.1, 0.15) is 0 Å². The molecule has 2 aromatic carbocycles. The molecule has 0 saturated carbocycles. The van der Waals surface area contributed by atoms with Crippen LogP contribution in [0.4, 0.5) is 0 Å². The van der Waals surface area contributed by atoms with Crippen LogP contribution in [0.3, 0.4) is 0 Å². The highest BCUT2D eigenvalue weighted by Gasteiger charge is 2.29. The van der Waals surface area contributed by atoms with E-state index >= 15 is 0 Å². The normalized spacial score (nSPS) is 22.6. The lowest BCUT2D eigenvalue weighted by Crippen LogP contribution is -2.20.